The standard InChI is InChI=1S/C25H20N.C13H12N.Ir/c1-19-12-14-22(15-13-19)25-17-23(16-20-8-4-2-5-9-20)24(18-26-25)21-10-6-3-7-11-21;1-10-3-6-12(7-4-10)13-8-5-11(2)9-14-13;/h2-14,17-18H,16H2,1H3;3-6,8-9H,1-2H3;/q2*-1;/i1D3,16D2;1D3,2D3;. The summed E-state index contributed by atoms with van der Waals surface area (Å²) in [5.74, 6) is 0. The molecule has 2 heterocycles. The summed E-state index contributed by atoms with van der Waals surface area (Å²) >= 11 is 0. The summed E-state index contributed by atoms with van der Waals surface area (Å²) in [5.41, 5.74) is 5.51. The van der Waals surface area contributed by atoms with Crippen LogP contribution >= 0.6 is 0 Å². The van der Waals surface area contributed by atoms with E-state index in [0.717, 1.165) is 5.56 Å². The zero-order chi connectivity index (χ0) is 37.0. The van der Waals surface area contributed by atoms with Gasteiger partial charge in [-0.25, -0.2) is 0 Å². The van der Waals surface area contributed by atoms with Crippen LogP contribution in [0, 0.1) is 32.7 Å². The molecule has 0 aliphatic heterocycles. The van der Waals surface area contributed by atoms with E-state index < -0.39 is 26.9 Å². The Morgan fingerprint density at radius 3 is 1.78 bits per heavy atom. The molecule has 0 N–H and O–H groups in total. The first-order valence-corrected chi connectivity index (χ1v) is 12.6. The second kappa shape index (κ2) is 14.5. The Morgan fingerprint density at radius 2 is 1.22 bits per heavy atom. The predicted octanol–water partition coefficient (Wildman–Crippen LogP) is 9.28. The van der Waals surface area contributed by atoms with Crippen LogP contribution in [0.2, 0.25) is 0 Å². The summed E-state index contributed by atoms with van der Waals surface area (Å²) in [7, 11) is 0. The molecular formula is C38H32IrN2-2. The summed E-state index contributed by atoms with van der Waals surface area (Å²) in [4.78, 5) is 8.62. The van der Waals surface area contributed by atoms with E-state index in [1.165, 1.54) is 36.5 Å². The van der Waals surface area contributed by atoms with Gasteiger partial charge in [0.15, 0.2) is 0 Å². The van der Waals surface area contributed by atoms with E-state index in [4.69, 9.17) is 15.1 Å². The van der Waals surface area contributed by atoms with Crippen LogP contribution in [0.4, 0.5) is 0 Å². The topological polar surface area (TPSA) is 25.8 Å². The number of rotatable bonds is 5. The van der Waals surface area contributed by atoms with Gasteiger partial charge < -0.3 is 9.97 Å². The first kappa shape index (κ1) is 18.3. The maximum absolute atomic E-state index is 8.93. The Kier molecular flexibility index (Phi) is 6.45. The molecule has 0 aliphatic rings. The van der Waals surface area contributed by atoms with Crippen LogP contribution in [0.25, 0.3) is 33.6 Å². The van der Waals surface area contributed by atoms with Gasteiger partial charge in [0.05, 0.1) is 0 Å². The monoisotopic (exact) mass is 720 g/mol. The molecule has 0 unspecified atom stereocenters. The van der Waals surface area contributed by atoms with E-state index in [2.05, 4.69) is 22.1 Å². The molecule has 41 heavy (non-hydrogen) atoms. The van der Waals surface area contributed by atoms with Gasteiger partial charge in [-0.2, -0.15) is 0 Å². The van der Waals surface area contributed by atoms with Crippen molar-refractivity contribution in [1.29, 1.82) is 0 Å². The molecule has 0 amide bonds. The Balaban J connectivity index is 0.000000250. The smallest absolute Gasteiger partial charge is 0.0366 e. The van der Waals surface area contributed by atoms with Gasteiger partial charge in [-0.1, -0.05) is 92.6 Å². The number of aromatic nitrogens is 2. The van der Waals surface area contributed by atoms with Crippen LogP contribution in [-0.4, -0.2) is 9.97 Å². The molecule has 0 saturated heterocycles. The first-order chi connectivity index (χ1) is 23.9. The second-order valence-corrected chi connectivity index (χ2v) is 8.89. The van der Waals surface area contributed by atoms with Gasteiger partial charge in [0, 0.05) is 53.1 Å². The van der Waals surface area contributed by atoms with Crippen molar-refractivity contribution in [2.75, 3.05) is 0 Å². The van der Waals surface area contributed by atoms with Crippen molar-refractivity contribution in [3.8, 4) is 33.6 Å². The summed E-state index contributed by atoms with van der Waals surface area (Å²) in [6.45, 7) is -6.54. The molecule has 0 atom stereocenters. The Morgan fingerprint density at radius 1 is 0.634 bits per heavy atom. The van der Waals surface area contributed by atoms with Crippen molar-refractivity contribution >= 4 is 0 Å². The van der Waals surface area contributed by atoms with Gasteiger partial charge in [0.2, 0.25) is 0 Å². The number of hydrogen-bond donors (Lipinski definition) is 0. The number of hydrogen-bond acceptors (Lipinski definition) is 2. The third-order valence-electron chi connectivity index (χ3n) is 5.98. The molecular weight excluding hydrogens is 677 g/mol. The summed E-state index contributed by atoms with van der Waals surface area (Å²) in [5, 5.41) is 0. The minimum Gasteiger partial charge on any atom is -0.304 e. The van der Waals surface area contributed by atoms with Crippen LogP contribution in [0.15, 0.2) is 128 Å². The predicted molar refractivity (Wildman–Crippen MR) is 166 cm³/mol. The van der Waals surface area contributed by atoms with E-state index in [1.54, 1.807) is 42.6 Å². The normalized spacial score (nSPS) is 15.5. The number of benzene rings is 4. The van der Waals surface area contributed by atoms with Gasteiger partial charge in [0.25, 0.3) is 0 Å². The quantitative estimate of drug-likeness (QED) is 0.166. The zero-order valence-corrected chi connectivity index (χ0v) is 24.2. The first-order valence-electron chi connectivity index (χ1n) is 18.1. The van der Waals surface area contributed by atoms with Crippen molar-refractivity contribution in [2.45, 2.75) is 26.9 Å². The molecule has 3 heteroatoms. The van der Waals surface area contributed by atoms with Gasteiger partial charge in [-0.05, 0) is 46.9 Å². The average molecular weight is 720 g/mol. The molecule has 0 bridgehead atoms. The van der Waals surface area contributed by atoms with Crippen LogP contribution in [0.1, 0.15) is 42.9 Å². The summed E-state index contributed by atoms with van der Waals surface area (Å²) in [6, 6.07) is 38.4. The summed E-state index contributed by atoms with van der Waals surface area (Å²) < 4.78 is 84.1. The van der Waals surface area contributed by atoms with Gasteiger partial charge in [-0.15, -0.1) is 70.8 Å². The van der Waals surface area contributed by atoms with Gasteiger partial charge in [-0.3, -0.25) is 0 Å². The number of pyridine rings is 2. The van der Waals surface area contributed by atoms with Crippen molar-refractivity contribution in [3.63, 3.8) is 0 Å². The Hall–Kier alpha value is -4.17. The zero-order valence-electron chi connectivity index (χ0n) is 32.9. The molecule has 1 radical (unpaired) electrons. The van der Waals surface area contributed by atoms with Gasteiger partial charge >= 0.3 is 0 Å². The van der Waals surface area contributed by atoms with Crippen LogP contribution < -0.4 is 0 Å². The minimum absolute atomic E-state index is 0. The fraction of sp³-hybridized carbons (Fsp3) is 0.105. The maximum atomic E-state index is 8.93. The number of nitrogens with zero attached hydrogens (tertiary/aromatic N) is 2. The Bertz CT molecular complexity index is 1990. The molecule has 205 valence electrons. The fourth-order valence-corrected chi connectivity index (χ4v) is 3.95. The third-order valence-corrected chi connectivity index (χ3v) is 5.98. The van der Waals surface area contributed by atoms with Gasteiger partial charge in [0.1, 0.15) is 0 Å². The second-order valence-electron chi connectivity index (χ2n) is 8.89. The molecule has 0 aliphatic carbocycles. The van der Waals surface area contributed by atoms with E-state index in [0.29, 0.717) is 39.2 Å². The fourth-order valence-electron chi connectivity index (χ4n) is 3.95. The van der Waals surface area contributed by atoms with Crippen LogP contribution in [0.3, 0.4) is 0 Å². The molecule has 0 spiro atoms. The molecule has 0 saturated carbocycles. The molecule has 2 nitrogen and oxygen atoms in total. The van der Waals surface area contributed by atoms with E-state index >= 15 is 0 Å². The molecule has 0 fully saturated rings. The SMILES string of the molecule is [2H]C([2H])([2H])c1c[c-]c(-c2cc(C([2H])([2H])c3ccccc3)c(-c3ccccc3)cn2)cc1.[2H]C([2H])([2H])c1c[c-]c(-c2ccc(C([2H])([2H])[2H])cn2)cc1.[Ir]. The molecule has 4 aromatic carbocycles. The van der Waals surface area contributed by atoms with Crippen molar-refractivity contribution < 1.29 is 35.2 Å². The number of aryl methyl sites for hydroxylation is 3. The van der Waals surface area contributed by atoms with E-state index in [9.17, 15) is 0 Å². The maximum Gasteiger partial charge on any atom is 0.0366 e. The van der Waals surface area contributed by atoms with Crippen molar-refractivity contribution in [1.82, 2.24) is 9.97 Å². The largest absolute Gasteiger partial charge is 0.304 e. The molecule has 6 aromatic rings. The third kappa shape index (κ3) is 8.17. The van der Waals surface area contributed by atoms with E-state index in [-0.39, 0.29) is 36.8 Å². The van der Waals surface area contributed by atoms with E-state index in [1.807, 2.05) is 48.5 Å². The van der Waals surface area contributed by atoms with Crippen molar-refractivity contribution in [2.24, 2.45) is 0 Å². The summed E-state index contributed by atoms with van der Waals surface area (Å²) in [6.07, 6.45) is 1.21. The van der Waals surface area contributed by atoms with Crippen LogP contribution in [0.5, 0.6) is 0 Å². The molecule has 2 aromatic heterocycles. The Labute approximate surface area is 273 Å². The van der Waals surface area contributed by atoms with Crippen molar-refractivity contribution in [3.05, 3.63) is 168 Å². The average Bonchev–Trinajstić information content (AvgIpc) is 3.11. The minimum atomic E-state index is -2.20. The molecule has 6 rings (SSSR count). The van der Waals surface area contributed by atoms with Crippen LogP contribution in [-0.2, 0) is 26.5 Å².